The van der Waals surface area contributed by atoms with Gasteiger partial charge in [-0.05, 0) is 25.0 Å². The van der Waals surface area contributed by atoms with E-state index in [9.17, 15) is 14.9 Å². The van der Waals surface area contributed by atoms with E-state index in [1.807, 2.05) is 0 Å². The molecule has 0 atom stereocenters. The van der Waals surface area contributed by atoms with Crippen molar-refractivity contribution in [2.24, 2.45) is 5.73 Å². The quantitative estimate of drug-likeness (QED) is 0.377. The predicted molar refractivity (Wildman–Crippen MR) is 74.2 cm³/mol. The van der Waals surface area contributed by atoms with Crippen molar-refractivity contribution in [1.29, 1.82) is 0 Å². The Kier molecular flexibility index (Phi) is 5.59. The third kappa shape index (κ3) is 4.46. The first kappa shape index (κ1) is 14.7. The summed E-state index contributed by atoms with van der Waals surface area (Å²) in [5.74, 6) is -0.330. The van der Waals surface area contributed by atoms with E-state index in [1.54, 1.807) is 25.2 Å². The molecular weight excluding hydrogens is 248 g/mol. The summed E-state index contributed by atoms with van der Waals surface area (Å²) in [4.78, 5) is 21.2. The zero-order valence-electron chi connectivity index (χ0n) is 10.8. The third-order valence-electron chi connectivity index (χ3n) is 2.65. The first-order chi connectivity index (χ1) is 9.06. The van der Waals surface area contributed by atoms with Crippen molar-refractivity contribution in [1.82, 2.24) is 0 Å². The number of para-hydroxylation sites is 1. The molecule has 19 heavy (non-hydrogen) atoms. The normalized spacial score (nSPS) is 9.95. The fraction of sp³-hybridized carbons (Fsp3) is 0.417. The summed E-state index contributed by atoms with van der Waals surface area (Å²) >= 11 is 0. The summed E-state index contributed by atoms with van der Waals surface area (Å²) in [6.07, 6.45) is 1.73. The van der Waals surface area contributed by atoms with E-state index < -0.39 is 4.92 Å². The Morgan fingerprint density at radius 1 is 1.37 bits per heavy atom. The van der Waals surface area contributed by atoms with Crippen LogP contribution in [0.3, 0.4) is 0 Å². The van der Waals surface area contributed by atoms with Crippen LogP contribution in [0.4, 0.5) is 17.1 Å². The maximum Gasteiger partial charge on any atom is 0.315 e. The summed E-state index contributed by atoms with van der Waals surface area (Å²) in [6.45, 7) is 0.557. The van der Waals surface area contributed by atoms with Gasteiger partial charge in [0, 0.05) is 20.0 Å². The number of rotatable bonds is 8. The Hall–Kier alpha value is -2.31. The van der Waals surface area contributed by atoms with E-state index >= 15 is 0 Å². The topological polar surface area (TPSA) is 110 Å². The lowest BCUT2D eigenvalue weighted by atomic mass is 10.2. The largest absolute Gasteiger partial charge is 0.382 e. The number of primary amides is 1. The second-order valence-corrected chi connectivity index (χ2v) is 4.06. The van der Waals surface area contributed by atoms with Crippen LogP contribution in [0.25, 0.3) is 0 Å². The zero-order chi connectivity index (χ0) is 14.3. The van der Waals surface area contributed by atoms with Gasteiger partial charge in [-0.1, -0.05) is 6.07 Å². The van der Waals surface area contributed by atoms with E-state index in [-0.39, 0.29) is 11.6 Å². The number of hydrogen-bond acceptors (Lipinski definition) is 5. The van der Waals surface area contributed by atoms with E-state index in [4.69, 9.17) is 5.73 Å². The highest BCUT2D eigenvalue weighted by molar-refractivity contribution is 5.76. The molecule has 104 valence electrons. The molecule has 1 aromatic rings. The van der Waals surface area contributed by atoms with Crippen LogP contribution in [0.5, 0.6) is 0 Å². The lowest BCUT2D eigenvalue weighted by molar-refractivity contribution is -0.383. The molecule has 4 N–H and O–H groups in total. The van der Waals surface area contributed by atoms with Crippen molar-refractivity contribution >= 4 is 23.0 Å². The van der Waals surface area contributed by atoms with Gasteiger partial charge in [0.05, 0.1) is 4.92 Å². The molecule has 0 heterocycles. The van der Waals surface area contributed by atoms with Gasteiger partial charge in [-0.15, -0.1) is 0 Å². The first-order valence-corrected chi connectivity index (χ1v) is 6.03. The van der Waals surface area contributed by atoms with E-state index in [2.05, 4.69) is 10.6 Å². The number of nitrogens with two attached hydrogens (primary N) is 1. The second-order valence-electron chi connectivity index (χ2n) is 4.06. The molecule has 0 aliphatic rings. The molecule has 1 amide bonds. The van der Waals surface area contributed by atoms with E-state index in [1.165, 1.54) is 0 Å². The molecule has 0 saturated carbocycles. The van der Waals surface area contributed by atoms with Crippen LogP contribution >= 0.6 is 0 Å². The molecule has 7 nitrogen and oxygen atoms in total. The SMILES string of the molecule is CNc1cccc(NCCCCC(N)=O)c1[N+](=O)[O-]. The monoisotopic (exact) mass is 266 g/mol. The minimum Gasteiger partial charge on any atom is -0.382 e. The Labute approximate surface area is 111 Å². The molecule has 0 aliphatic carbocycles. The van der Waals surface area contributed by atoms with Crippen molar-refractivity contribution in [2.75, 3.05) is 24.2 Å². The average molecular weight is 266 g/mol. The standard InChI is InChI=1S/C12H18N4O3/c1-14-9-5-4-6-10(12(9)16(18)19)15-8-3-2-7-11(13)17/h4-6,14-15H,2-3,7-8H2,1H3,(H2,13,17). The Morgan fingerprint density at radius 3 is 2.63 bits per heavy atom. The second kappa shape index (κ2) is 7.20. The van der Waals surface area contributed by atoms with Crippen molar-refractivity contribution in [3.05, 3.63) is 28.3 Å². The Morgan fingerprint density at radius 2 is 2.05 bits per heavy atom. The first-order valence-electron chi connectivity index (χ1n) is 6.03. The number of nitrogens with one attached hydrogen (secondary N) is 2. The highest BCUT2D eigenvalue weighted by Gasteiger charge is 2.18. The maximum atomic E-state index is 11.0. The number of amides is 1. The lowest BCUT2D eigenvalue weighted by Gasteiger charge is -2.09. The fourth-order valence-corrected chi connectivity index (χ4v) is 1.73. The molecule has 0 aliphatic heterocycles. The summed E-state index contributed by atoms with van der Waals surface area (Å²) < 4.78 is 0. The van der Waals surface area contributed by atoms with Gasteiger partial charge in [-0.2, -0.15) is 0 Å². The van der Waals surface area contributed by atoms with E-state index in [0.29, 0.717) is 30.8 Å². The number of hydrogen-bond donors (Lipinski definition) is 3. The zero-order valence-corrected chi connectivity index (χ0v) is 10.8. The molecule has 0 unspecified atom stereocenters. The van der Waals surface area contributed by atoms with Gasteiger partial charge in [-0.3, -0.25) is 14.9 Å². The molecule has 0 radical (unpaired) electrons. The van der Waals surface area contributed by atoms with Gasteiger partial charge in [0.15, 0.2) is 0 Å². The van der Waals surface area contributed by atoms with Crippen LogP contribution in [0.1, 0.15) is 19.3 Å². The number of nitrogens with zero attached hydrogens (tertiary/aromatic N) is 1. The lowest BCUT2D eigenvalue weighted by Crippen LogP contribution is -2.11. The van der Waals surface area contributed by atoms with Gasteiger partial charge in [0.1, 0.15) is 11.4 Å². The molecule has 7 heteroatoms. The predicted octanol–water partition coefficient (Wildman–Crippen LogP) is 1.70. The summed E-state index contributed by atoms with van der Waals surface area (Å²) in [5, 5.41) is 16.8. The highest BCUT2D eigenvalue weighted by atomic mass is 16.6. The van der Waals surface area contributed by atoms with Crippen molar-refractivity contribution in [2.45, 2.75) is 19.3 Å². The third-order valence-corrected chi connectivity index (χ3v) is 2.65. The van der Waals surface area contributed by atoms with Crippen molar-refractivity contribution in [3.8, 4) is 0 Å². The number of nitro benzene ring substituents is 1. The number of carbonyl (C=O) groups excluding carboxylic acids is 1. The number of unbranched alkanes of at least 4 members (excludes halogenated alkanes) is 1. The van der Waals surface area contributed by atoms with Crippen molar-refractivity contribution < 1.29 is 9.72 Å². The number of nitro groups is 1. The molecule has 1 aromatic carbocycles. The van der Waals surface area contributed by atoms with Gasteiger partial charge in [0.2, 0.25) is 5.91 Å². The summed E-state index contributed by atoms with van der Waals surface area (Å²) in [7, 11) is 1.64. The van der Waals surface area contributed by atoms with E-state index in [0.717, 1.165) is 6.42 Å². The number of benzene rings is 1. The van der Waals surface area contributed by atoms with Crippen LogP contribution in [-0.2, 0) is 4.79 Å². The van der Waals surface area contributed by atoms with Gasteiger partial charge in [0.25, 0.3) is 0 Å². The van der Waals surface area contributed by atoms with Crippen molar-refractivity contribution in [3.63, 3.8) is 0 Å². The summed E-state index contributed by atoms with van der Waals surface area (Å²) in [5.41, 5.74) is 5.99. The molecule has 0 aromatic heterocycles. The van der Waals surface area contributed by atoms with Gasteiger partial charge >= 0.3 is 5.69 Å². The number of anilines is 2. The van der Waals surface area contributed by atoms with Gasteiger partial charge in [-0.25, -0.2) is 0 Å². The molecule has 0 saturated heterocycles. The average Bonchev–Trinajstić information content (AvgIpc) is 2.37. The molecule has 0 fully saturated rings. The summed E-state index contributed by atoms with van der Waals surface area (Å²) in [6, 6.07) is 5.05. The van der Waals surface area contributed by atoms with Crippen LogP contribution < -0.4 is 16.4 Å². The molecule has 1 rings (SSSR count). The Bertz CT molecular complexity index is 462. The fourth-order valence-electron chi connectivity index (χ4n) is 1.73. The Balaban J connectivity index is 2.62. The van der Waals surface area contributed by atoms with Gasteiger partial charge < -0.3 is 16.4 Å². The molecular formula is C12H18N4O3. The van der Waals surface area contributed by atoms with Crippen LogP contribution in [0.15, 0.2) is 18.2 Å². The minimum absolute atomic E-state index is 0.0277. The van der Waals surface area contributed by atoms with Crippen LogP contribution in [0.2, 0.25) is 0 Å². The molecule has 0 spiro atoms. The van der Waals surface area contributed by atoms with Crippen LogP contribution in [0, 0.1) is 10.1 Å². The minimum atomic E-state index is -0.419. The molecule has 0 bridgehead atoms. The smallest absolute Gasteiger partial charge is 0.315 e. The maximum absolute atomic E-state index is 11.0. The van der Waals surface area contributed by atoms with Crippen LogP contribution in [-0.4, -0.2) is 24.4 Å². The number of carbonyl (C=O) groups is 1. The highest BCUT2D eigenvalue weighted by Crippen LogP contribution is 2.32.